The van der Waals surface area contributed by atoms with Gasteiger partial charge in [0.1, 0.15) is 11.5 Å². The maximum absolute atomic E-state index is 10.5. The van der Waals surface area contributed by atoms with Crippen molar-refractivity contribution in [1.82, 2.24) is 0 Å². The van der Waals surface area contributed by atoms with E-state index < -0.39 is 5.97 Å². The Balaban J connectivity index is 0.000000696. The predicted molar refractivity (Wildman–Crippen MR) is 115 cm³/mol. The standard InChI is InChI=1S/C21H30O2.C3H6O2/c1-5-6-7-8-16-12-19(22)21(20(23)13-16)18-11-15(4)9-10-17(18)14(2)3;1-2-3(4)5/h11-13,17-18,22-23H,2,5-10H2,1,3-4H3;2H2,1H3,(H,4,5)/t17-,18+;/m0./s1. The van der Waals surface area contributed by atoms with Gasteiger partial charge in [-0.3, -0.25) is 4.79 Å². The molecule has 28 heavy (non-hydrogen) atoms. The van der Waals surface area contributed by atoms with Crippen LogP contribution in [0.5, 0.6) is 11.5 Å². The molecule has 156 valence electrons. The van der Waals surface area contributed by atoms with Crippen molar-refractivity contribution >= 4 is 5.97 Å². The van der Waals surface area contributed by atoms with E-state index >= 15 is 0 Å². The van der Waals surface area contributed by atoms with Crippen LogP contribution in [-0.4, -0.2) is 21.3 Å². The van der Waals surface area contributed by atoms with Crippen LogP contribution in [0.4, 0.5) is 0 Å². The fourth-order valence-corrected chi connectivity index (χ4v) is 3.65. The number of phenolic OH excluding ortho intramolecular Hbond substituents is 2. The zero-order valence-electron chi connectivity index (χ0n) is 17.8. The minimum absolute atomic E-state index is 0.0194. The molecule has 0 bridgehead atoms. The maximum Gasteiger partial charge on any atom is 0.303 e. The van der Waals surface area contributed by atoms with Gasteiger partial charge in [0.05, 0.1) is 0 Å². The van der Waals surface area contributed by atoms with Gasteiger partial charge in [0, 0.05) is 17.9 Å². The van der Waals surface area contributed by atoms with Crippen molar-refractivity contribution in [1.29, 1.82) is 0 Å². The summed E-state index contributed by atoms with van der Waals surface area (Å²) in [4.78, 5) is 9.37. The molecule has 4 heteroatoms. The van der Waals surface area contributed by atoms with Gasteiger partial charge in [-0.1, -0.05) is 50.5 Å². The molecule has 0 aromatic heterocycles. The molecule has 0 spiro atoms. The molecule has 1 aliphatic carbocycles. The third kappa shape index (κ3) is 7.06. The van der Waals surface area contributed by atoms with E-state index in [2.05, 4.69) is 26.5 Å². The van der Waals surface area contributed by atoms with Gasteiger partial charge in [-0.15, -0.1) is 0 Å². The fraction of sp³-hybridized carbons (Fsp3) is 0.542. The number of benzene rings is 1. The lowest BCUT2D eigenvalue weighted by molar-refractivity contribution is -0.136. The lowest BCUT2D eigenvalue weighted by Crippen LogP contribution is -2.17. The molecule has 4 nitrogen and oxygen atoms in total. The lowest BCUT2D eigenvalue weighted by atomic mass is 9.73. The molecule has 0 heterocycles. The fourth-order valence-electron chi connectivity index (χ4n) is 3.65. The van der Waals surface area contributed by atoms with E-state index in [4.69, 9.17) is 5.11 Å². The van der Waals surface area contributed by atoms with Gasteiger partial charge in [0.15, 0.2) is 0 Å². The Bertz CT molecular complexity index is 680. The third-order valence-corrected chi connectivity index (χ3v) is 5.28. The molecule has 0 radical (unpaired) electrons. The van der Waals surface area contributed by atoms with E-state index in [9.17, 15) is 15.0 Å². The van der Waals surface area contributed by atoms with Gasteiger partial charge in [0.2, 0.25) is 0 Å². The number of allylic oxidation sites excluding steroid dienone is 3. The van der Waals surface area contributed by atoms with Crippen LogP contribution >= 0.6 is 0 Å². The van der Waals surface area contributed by atoms with Gasteiger partial charge in [-0.05, 0) is 63.1 Å². The molecule has 2 atom stereocenters. The second-order valence-corrected chi connectivity index (χ2v) is 7.78. The summed E-state index contributed by atoms with van der Waals surface area (Å²) in [7, 11) is 0. The summed E-state index contributed by atoms with van der Waals surface area (Å²) in [5.74, 6) is -0.00483. The van der Waals surface area contributed by atoms with E-state index in [0.717, 1.165) is 36.8 Å². The molecule has 1 aromatic rings. The van der Waals surface area contributed by atoms with Crippen LogP contribution in [0.15, 0.2) is 35.9 Å². The van der Waals surface area contributed by atoms with Gasteiger partial charge >= 0.3 is 5.97 Å². The van der Waals surface area contributed by atoms with Crippen LogP contribution in [0.3, 0.4) is 0 Å². The number of hydrogen-bond acceptors (Lipinski definition) is 3. The number of aliphatic carboxylic acids is 1. The summed E-state index contributed by atoms with van der Waals surface area (Å²) >= 11 is 0. The van der Waals surface area contributed by atoms with Crippen LogP contribution in [0.25, 0.3) is 0 Å². The van der Waals surface area contributed by atoms with E-state index in [1.807, 2.05) is 19.1 Å². The van der Waals surface area contributed by atoms with Gasteiger partial charge in [-0.2, -0.15) is 0 Å². The number of unbranched alkanes of at least 4 members (excludes halogenated alkanes) is 2. The van der Waals surface area contributed by atoms with Crippen molar-refractivity contribution in [3.63, 3.8) is 0 Å². The quantitative estimate of drug-likeness (QED) is 0.377. The molecule has 1 aromatic carbocycles. The van der Waals surface area contributed by atoms with Crippen molar-refractivity contribution in [2.75, 3.05) is 0 Å². The average molecular weight is 389 g/mol. The van der Waals surface area contributed by atoms with Crippen molar-refractivity contribution < 1.29 is 20.1 Å². The minimum atomic E-state index is -0.745. The monoisotopic (exact) mass is 388 g/mol. The summed E-state index contributed by atoms with van der Waals surface area (Å²) in [5.41, 5.74) is 4.11. The van der Waals surface area contributed by atoms with Crippen LogP contribution in [0, 0.1) is 5.92 Å². The molecule has 0 aliphatic heterocycles. The zero-order valence-corrected chi connectivity index (χ0v) is 17.8. The van der Waals surface area contributed by atoms with Crippen molar-refractivity contribution in [3.8, 4) is 11.5 Å². The van der Waals surface area contributed by atoms with Crippen LogP contribution < -0.4 is 0 Å². The smallest absolute Gasteiger partial charge is 0.303 e. The number of hydrogen-bond donors (Lipinski definition) is 3. The van der Waals surface area contributed by atoms with Gasteiger partial charge in [-0.25, -0.2) is 0 Å². The third-order valence-electron chi connectivity index (χ3n) is 5.28. The Hall–Kier alpha value is -2.23. The first-order valence-electron chi connectivity index (χ1n) is 10.3. The SMILES string of the molecule is C=C(C)[C@@H]1CCC(C)=C[C@H]1c1c(O)cc(CCCCC)cc1O.CCC(=O)O. The van der Waals surface area contributed by atoms with E-state index in [1.54, 1.807) is 6.92 Å². The molecule has 3 N–H and O–H groups in total. The molecular formula is C24H36O4. The lowest BCUT2D eigenvalue weighted by Gasteiger charge is -2.31. The number of phenols is 2. The molecule has 0 saturated carbocycles. The normalized spacial score (nSPS) is 18.6. The summed E-state index contributed by atoms with van der Waals surface area (Å²) in [6.45, 7) is 12.0. The molecular weight excluding hydrogens is 352 g/mol. The van der Waals surface area contributed by atoms with E-state index in [1.165, 1.54) is 18.4 Å². The topological polar surface area (TPSA) is 77.8 Å². The maximum atomic E-state index is 10.5. The number of carboxylic acids is 1. The molecule has 0 unspecified atom stereocenters. The number of rotatable bonds is 7. The minimum Gasteiger partial charge on any atom is -0.507 e. The molecule has 0 fully saturated rings. The Morgan fingerprint density at radius 1 is 1.18 bits per heavy atom. The highest BCUT2D eigenvalue weighted by Gasteiger charge is 2.30. The Morgan fingerprint density at radius 3 is 2.21 bits per heavy atom. The molecule has 2 rings (SSSR count). The first-order chi connectivity index (χ1) is 13.2. The Labute approximate surface area is 169 Å². The molecule has 0 saturated heterocycles. The first-order valence-corrected chi connectivity index (χ1v) is 10.3. The summed E-state index contributed by atoms with van der Waals surface area (Å²) in [6, 6.07) is 3.66. The van der Waals surface area contributed by atoms with Gasteiger partial charge in [0.25, 0.3) is 0 Å². The Morgan fingerprint density at radius 2 is 1.75 bits per heavy atom. The Kier molecular flexibility index (Phi) is 9.84. The van der Waals surface area contributed by atoms with Crippen molar-refractivity contribution in [3.05, 3.63) is 47.1 Å². The highest BCUT2D eigenvalue weighted by Crippen LogP contribution is 2.46. The summed E-state index contributed by atoms with van der Waals surface area (Å²) in [5, 5.41) is 28.8. The van der Waals surface area contributed by atoms with Gasteiger partial charge < -0.3 is 15.3 Å². The second kappa shape index (κ2) is 11.6. The zero-order chi connectivity index (χ0) is 21.3. The summed E-state index contributed by atoms with van der Waals surface area (Å²) in [6.07, 6.45) is 8.83. The predicted octanol–water partition coefficient (Wildman–Crippen LogP) is 6.33. The number of carboxylic acid groups (broad SMARTS) is 1. The van der Waals surface area contributed by atoms with E-state index in [-0.39, 0.29) is 29.8 Å². The largest absolute Gasteiger partial charge is 0.507 e. The first kappa shape index (κ1) is 23.8. The van der Waals surface area contributed by atoms with E-state index in [0.29, 0.717) is 5.56 Å². The van der Waals surface area contributed by atoms with Crippen molar-refractivity contribution in [2.24, 2.45) is 5.92 Å². The van der Waals surface area contributed by atoms with Crippen LogP contribution in [-0.2, 0) is 11.2 Å². The highest BCUT2D eigenvalue weighted by molar-refractivity contribution is 5.66. The molecule has 0 amide bonds. The van der Waals surface area contributed by atoms with Crippen LogP contribution in [0.2, 0.25) is 0 Å². The summed E-state index contributed by atoms with van der Waals surface area (Å²) < 4.78 is 0. The number of carbonyl (C=O) groups is 1. The van der Waals surface area contributed by atoms with Crippen LogP contribution in [0.1, 0.15) is 83.3 Å². The highest BCUT2D eigenvalue weighted by atomic mass is 16.4. The van der Waals surface area contributed by atoms with Crippen molar-refractivity contribution in [2.45, 2.75) is 78.6 Å². The number of aryl methyl sites for hydroxylation is 1. The molecule has 1 aliphatic rings. The number of aromatic hydroxyl groups is 2. The second-order valence-electron chi connectivity index (χ2n) is 7.78. The average Bonchev–Trinajstić information content (AvgIpc) is 2.61.